The van der Waals surface area contributed by atoms with Gasteiger partial charge in [0.25, 0.3) is 0 Å². The molecule has 0 atom stereocenters. The van der Waals surface area contributed by atoms with E-state index < -0.39 is 0 Å². The van der Waals surface area contributed by atoms with Gasteiger partial charge in [-0.2, -0.15) is 0 Å². The van der Waals surface area contributed by atoms with E-state index in [0.29, 0.717) is 5.71 Å². The predicted molar refractivity (Wildman–Crippen MR) is 45.8 cm³/mol. The first-order valence-electron chi connectivity index (χ1n) is 2.78. The Labute approximate surface area is 60.8 Å². The molecular formula is C8H10N2. The van der Waals surface area contributed by atoms with E-state index in [1.807, 2.05) is 0 Å². The fourth-order valence-corrected chi connectivity index (χ4v) is 0.435. The quantitative estimate of drug-likeness (QED) is 0.571. The van der Waals surface area contributed by atoms with Gasteiger partial charge in [-0.15, -0.1) is 0 Å². The Balaban J connectivity index is 4.49. The Bertz CT molecular complexity index is 199. The van der Waals surface area contributed by atoms with Gasteiger partial charge in [0, 0.05) is 6.20 Å². The van der Waals surface area contributed by atoms with Crippen molar-refractivity contribution >= 4 is 11.4 Å². The van der Waals surface area contributed by atoms with Crippen LogP contribution in [0.25, 0.3) is 0 Å². The molecule has 0 fully saturated rings. The maximum atomic E-state index is 7.23. The summed E-state index contributed by atoms with van der Waals surface area (Å²) in [4.78, 5) is 3.78. The first-order valence-corrected chi connectivity index (χ1v) is 2.78. The molecule has 0 spiro atoms. The van der Waals surface area contributed by atoms with Crippen molar-refractivity contribution in [2.24, 2.45) is 4.99 Å². The molecular weight excluding hydrogens is 124 g/mol. The van der Waals surface area contributed by atoms with Crippen LogP contribution in [0.1, 0.15) is 0 Å². The van der Waals surface area contributed by atoms with Gasteiger partial charge in [-0.25, -0.2) is 0 Å². The van der Waals surface area contributed by atoms with Crippen LogP contribution in [-0.2, 0) is 0 Å². The lowest BCUT2D eigenvalue weighted by atomic mass is 10.2. The summed E-state index contributed by atoms with van der Waals surface area (Å²) in [5.74, 6) is 0. The Morgan fingerprint density at radius 3 is 2.10 bits per heavy atom. The summed E-state index contributed by atoms with van der Waals surface area (Å²) >= 11 is 0. The van der Waals surface area contributed by atoms with Crippen LogP contribution >= 0.6 is 0 Å². The number of hydrogen-bond acceptors (Lipinski definition) is 2. The first kappa shape index (κ1) is 8.56. The van der Waals surface area contributed by atoms with Crippen molar-refractivity contribution in [3.8, 4) is 0 Å². The zero-order chi connectivity index (χ0) is 7.98. The van der Waals surface area contributed by atoms with E-state index in [2.05, 4.69) is 24.7 Å². The third-order valence-electron chi connectivity index (χ3n) is 0.904. The number of rotatable bonds is 4. The van der Waals surface area contributed by atoms with Crippen LogP contribution in [0.4, 0.5) is 0 Å². The van der Waals surface area contributed by atoms with E-state index in [-0.39, 0.29) is 5.71 Å². The highest BCUT2D eigenvalue weighted by Crippen LogP contribution is 1.85. The molecule has 0 amide bonds. The van der Waals surface area contributed by atoms with Crippen molar-refractivity contribution in [2.45, 2.75) is 0 Å². The van der Waals surface area contributed by atoms with E-state index in [4.69, 9.17) is 5.41 Å². The van der Waals surface area contributed by atoms with Crippen molar-refractivity contribution in [3.05, 3.63) is 38.1 Å². The fourth-order valence-electron chi connectivity index (χ4n) is 0.435. The molecule has 0 bridgehead atoms. The van der Waals surface area contributed by atoms with Crippen molar-refractivity contribution in [2.75, 3.05) is 0 Å². The minimum atomic E-state index is 0.259. The van der Waals surface area contributed by atoms with Crippen LogP contribution in [0.3, 0.4) is 0 Å². The van der Waals surface area contributed by atoms with Gasteiger partial charge in [0.2, 0.25) is 0 Å². The minimum Gasteiger partial charge on any atom is -0.299 e. The Morgan fingerprint density at radius 2 is 1.80 bits per heavy atom. The van der Waals surface area contributed by atoms with Crippen LogP contribution < -0.4 is 0 Å². The van der Waals surface area contributed by atoms with Crippen molar-refractivity contribution in [3.63, 3.8) is 0 Å². The summed E-state index contributed by atoms with van der Waals surface area (Å²) in [6.07, 6.45) is 4.27. The smallest absolute Gasteiger partial charge is 0.0872 e. The standard InChI is InChI=1S/C8H10N2/c1-4-7(9)8(5-2)10-6-3/h4-6,9H,1-3H2. The summed E-state index contributed by atoms with van der Waals surface area (Å²) in [6, 6.07) is 0. The van der Waals surface area contributed by atoms with Gasteiger partial charge in [-0.05, 0) is 12.2 Å². The molecule has 0 aromatic heterocycles. The average molecular weight is 134 g/mol. The molecule has 0 aliphatic heterocycles. The highest BCUT2D eigenvalue weighted by Gasteiger charge is 1.94. The Morgan fingerprint density at radius 1 is 1.20 bits per heavy atom. The molecule has 52 valence electrons. The van der Waals surface area contributed by atoms with E-state index in [0.717, 1.165) is 0 Å². The van der Waals surface area contributed by atoms with E-state index in [1.54, 1.807) is 0 Å². The largest absolute Gasteiger partial charge is 0.299 e. The van der Waals surface area contributed by atoms with Gasteiger partial charge in [-0.3, -0.25) is 10.4 Å². The molecule has 0 aliphatic rings. The summed E-state index contributed by atoms with van der Waals surface area (Å²) in [6.45, 7) is 10.3. The maximum Gasteiger partial charge on any atom is 0.0872 e. The molecule has 0 heterocycles. The normalized spacial score (nSPS) is 10.2. The molecule has 0 saturated carbocycles. The van der Waals surface area contributed by atoms with Crippen molar-refractivity contribution in [1.82, 2.24) is 0 Å². The van der Waals surface area contributed by atoms with Gasteiger partial charge in [0.05, 0.1) is 11.4 Å². The van der Waals surface area contributed by atoms with Crippen LogP contribution in [0.2, 0.25) is 0 Å². The predicted octanol–water partition coefficient (Wildman–Crippen LogP) is 1.96. The lowest BCUT2D eigenvalue weighted by Crippen LogP contribution is -2.05. The number of hydrogen-bond donors (Lipinski definition) is 1. The third-order valence-corrected chi connectivity index (χ3v) is 0.904. The zero-order valence-electron chi connectivity index (χ0n) is 5.80. The highest BCUT2D eigenvalue weighted by atomic mass is 14.7. The van der Waals surface area contributed by atoms with Crippen LogP contribution in [-0.4, -0.2) is 11.4 Å². The van der Waals surface area contributed by atoms with E-state index in [9.17, 15) is 0 Å². The van der Waals surface area contributed by atoms with Crippen LogP contribution in [0.15, 0.2) is 43.1 Å². The summed E-state index contributed by atoms with van der Waals surface area (Å²) in [5.41, 5.74) is 0.750. The van der Waals surface area contributed by atoms with Gasteiger partial charge in [-0.1, -0.05) is 19.7 Å². The second-order valence-corrected chi connectivity index (χ2v) is 1.52. The molecule has 0 rings (SSSR count). The molecule has 2 heteroatoms. The van der Waals surface area contributed by atoms with Crippen LogP contribution in [0, 0.1) is 5.41 Å². The van der Waals surface area contributed by atoms with Crippen LogP contribution in [0.5, 0.6) is 0 Å². The molecule has 0 aromatic carbocycles. The number of allylic oxidation sites excluding steroid dienone is 2. The lowest BCUT2D eigenvalue weighted by Gasteiger charge is -1.93. The molecule has 0 saturated heterocycles. The first-order chi connectivity index (χ1) is 4.76. The van der Waals surface area contributed by atoms with E-state index >= 15 is 0 Å². The molecule has 10 heavy (non-hydrogen) atoms. The fraction of sp³-hybridized carbons (Fsp3) is 0. The number of nitrogens with one attached hydrogen (secondary N) is 1. The van der Waals surface area contributed by atoms with Crippen molar-refractivity contribution in [1.29, 1.82) is 5.41 Å². The van der Waals surface area contributed by atoms with Gasteiger partial charge < -0.3 is 0 Å². The average Bonchev–Trinajstić information content (AvgIpc) is 1.99. The highest BCUT2D eigenvalue weighted by molar-refractivity contribution is 6.49. The zero-order valence-corrected chi connectivity index (χ0v) is 5.80. The molecule has 0 aliphatic carbocycles. The monoisotopic (exact) mass is 134 g/mol. The third kappa shape index (κ3) is 2.22. The molecule has 2 nitrogen and oxygen atoms in total. The van der Waals surface area contributed by atoms with Gasteiger partial charge >= 0.3 is 0 Å². The molecule has 1 N–H and O–H groups in total. The summed E-state index contributed by atoms with van der Waals surface area (Å²) in [5, 5.41) is 7.23. The Kier molecular flexibility index (Phi) is 3.80. The topological polar surface area (TPSA) is 36.2 Å². The molecule has 0 radical (unpaired) electrons. The van der Waals surface area contributed by atoms with Gasteiger partial charge in [0.1, 0.15) is 0 Å². The van der Waals surface area contributed by atoms with Gasteiger partial charge in [0.15, 0.2) is 0 Å². The second-order valence-electron chi connectivity index (χ2n) is 1.52. The van der Waals surface area contributed by atoms with Crippen molar-refractivity contribution < 1.29 is 0 Å². The molecule has 0 unspecified atom stereocenters. The SMILES string of the molecule is C=CN=C(C=C)C(=N)C=C. The molecule has 0 aromatic rings. The summed E-state index contributed by atoms with van der Waals surface area (Å²) < 4.78 is 0. The maximum absolute atomic E-state index is 7.23. The summed E-state index contributed by atoms with van der Waals surface area (Å²) in [7, 11) is 0. The minimum absolute atomic E-state index is 0.259. The lowest BCUT2D eigenvalue weighted by molar-refractivity contribution is 1.53. The second kappa shape index (κ2) is 4.44. The number of aliphatic imine (C=N–C) groups is 1. The van der Waals surface area contributed by atoms with E-state index in [1.165, 1.54) is 18.4 Å². The number of nitrogens with zero attached hydrogens (tertiary/aromatic N) is 1. The Hall–Kier alpha value is -1.44.